The molecule has 4 atom stereocenters. The van der Waals surface area contributed by atoms with E-state index in [1.165, 1.54) is 0 Å². The molecular weight excluding hydrogens is 232 g/mol. The van der Waals surface area contributed by atoms with Crippen LogP contribution in [-0.4, -0.2) is 37.0 Å². The highest BCUT2D eigenvalue weighted by Gasteiger charge is 2.42. The Hall–Kier alpha value is -0.160. The highest BCUT2D eigenvalue weighted by atomic mass is 16.7. The van der Waals surface area contributed by atoms with Gasteiger partial charge in [-0.3, -0.25) is 0 Å². The van der Waals surface area contributed by atoms with Crippen LogP contribution in [0, 0.1) is 11.8 Å². The van der Waals surface area contributed by atoms with E-state index in [9.17, 15) is 0 Å². The van der Waals surface area contributed by atoms with E-state index >= 15 is 0 Å². The van der Waals surface area contributed by atoms with Gasteiger partial charge in [-0.15, -0.1) is 0 Å². The van der Waals surface area contributed by atoms with Gasteiger partial charge in [0, 0.05) is 0 Å². The number of rotatable bonds is 3. The lowest BCUT2D eigenvalue weighted by molar-refractivity contribution is -0.158. The maximum Gasteiger partial charge on any atom is 0.163 e. The van der Waals surface area contributed by atoms with E-state index < -0.39 is 11.6 Å². The maximum absolute atomic E-state index is 5.92. The molecule has 18 heavy (non-hydrogen) atoms. The molecule has 0 amide bonds. The van der Waals surface area contributed by atoms with Gasteiger partial charge >= 0.3 is 0 Å². The van der Waals surface area contributed by atoms with Crippen LogP contribution in [0.5, 0.6) is 0 Å². The monoisotopic (exact) mass is 258 g/mol. The Bertz CT molecular complexity index is 270. The van der Waals surface area contributed by atoms with Crippen molar-refractivity contribution in [1.82, 2.24) is 0 Å². The van der Waals surface area contributed by atoms with Gasteiger partial charge in [0.25, 0.3) is 0 Å². The molecule has 0 unspecified atom stereocenters. The number of hydrogen-bond acceptors (Lipinski definition) is 4. The van der Waals surface area contributed by atoms with Crippen molar-refractivity contribution in [2.45, 2.75) is 65.3 Å². The number of ether oxygens (including phenoxy) is 4. The van der Waals surface area contributed by atoms with Crippen LogP contribution in [0.2, 0.25) is 0 Å². The van der Waals surface area contributed by atoms with Gasteiger partial charge in [0.1, 0.15) is 0 Å². The van der Waals surface area contributed by atoms with Crippen LogP contribution >= 0.6 is 0 Å². The van der Waals surface area contributed by atoms with E-state index in [1.54, 1.807) is 0 Å². The second kappa shape index (κ2) is 4.75. The minimum Gasteiger partial charge on any atom is -0.348 e. The van der Waals surface area contributed by atoms with Crippen LogP contribution in [0.3, 0.4) is 0 Å². The summed E-state index contributed by atoms with van der Waals surface area (Å²) in [7, 11) is 0. The third kappa shape index (κ3) is 3.05. The van der Waals surface area contributed by atoms with Crippen LogP contribution in [0.15, 0.2) is 0 Å². The van der Waals surface area contributed by atoms with Crippen LogP contribution in [-0.2, 0) is 18.9 Å². The molecule has 0 aliphatic carbocycles. The molecule has 4 nitrogen and oxygen atoms in total. The first-order valence-corrected chi connectivity index (χ1v) is 6.84. The lowest BCUT2D eigenvalue weighted by Crippen LogP contribution is -2.36. The summed E-state index contributed by atoms with van der Waals surface area (Å²) in [6, 6.07) is 0. The van der Waals surface area contributed by atoms with E-state index in [-0.39, 0.29) is 12.2 Å². The molecule has 2 heterocycles. The first-order valence-electron chi connectivity index (χ1n) is 6.84. The molecule has 0 saturated carbocycles. The Morgan fingerprint density at radius 3 is 1.33 bits per heavy atom. The van der Waals surface area contributed by atoms with Gasteiger partial charge in [-0.05, 0) is 39.5 Å². The van der Waals surface area contributed by atoms with E-state index in [2.05, 4.69) is 13.8 Å². The molecule has 0 aromatic heterocycles. The van der Waals surface area contributed by atoms with Crippen molar-refractivity contribution in [3.8, 4) is 0 Å². The summed E-state index contributed by atoms with van der Waals surface area (Å²) in [4.78, 5) is 0. The Balaban J connectivity index is 1.92. The van der Waals surface area contributed by atoms with Crippen LogP contribution < -0.4 is 0 Å². The smallest absolute Gasteiger partial charge is 0.163 e. The number of hydrogen-bond donors (Lipinski definition) is 0. The third-order valence-corrected chi connectivity index (χ3v) is 4.06. The summed E-state index contributed by atoms with van der Waals surface area (Å²) in [5.74, 6) is -0.140. The Labute approximate surface area is 110 Å². The highest BCUT2D eigenvalue weighted by Crippen LogP contribution is 2.35. The fourth-order valence-corrected chi connectivity index (χ4v) is 2.63. The molecule has 2 fully saturated rings. The zero-order valence-electron chi connectivity index (χ0n) is 12.4. The largest absolute Gasteiger partial charge is 0.348 e. The fraction of sp³-hybridized carbons (Fsp3) is 1.00. The minimum atomic E-state index is -0.453. The zero-order valence-corrected chi connectivity index (χ0v) is 12.4. The van der Waals surface area contributed by atoms with Crippen molar-refractivity contribution in [3.05, 3.63) is 0 Å². The quantitative estimate of drug-likeness (QED) is 0.779. The van der Waals surface area contributed by atoms with E-state index in [0.717, 1.165) is 0 Å². The lowest BCUT2D eigenvalue weighted by Gasteiger charge is -2.29. The lowest BCUT2D eigenvalue weighted by atomic mass is 9.87. The molecule has 2 aliphatic rings. The molecule has 0 N–H and O–H groups in total. The van der Waals surface area contributed by atoms with E-state index in [4.69, 9.17) is 18.9 Å². The zero-order chi connectivity index (χ0) is 13.6. The molecule has 0 bridgehead atoms. The average Bonchev–Trinajstić information content (AvgIpc) is 2.79. The van der Waals surface area contributed by atoms with Crippen molar-refractivity contribution in [3.63, 3.8) is 0 Å². The first kappa shape index (κ1) is 14.3. The SMILES string of the molecule is C[C@@H]([C@H](C)[C@H]1COC(C)(C)O1)[C@H]1COC(C)(C)O1. The average molecular weight is 258 g/mol. The molecule has 0 aromatic rings. The van der Waals surface area contributed by atoms with Gasteiger partial charge < -0.3 is 18.9 Å². The van der Waals surface area contributed by atoms with Crippen molar-refractivity contribution in [1.29, 1.82) is 0 Å². The van der Waals surface area contributed by atoms with Crippen LogP contribution in [0.25, 0.3) is 0 Å². The third-order valence-electron chi connectivity index (χ3n) is 4.06. The molecule has 0 aromatic carbocycles. The summed E-state index contributed by atoms with van der Waals surface area (Å²) in [6.07, 6.45) is 0.282. The summed E-state index contributed by atoms with van der Waals surface area (Å²) >= 11 is 0. The summed E-state index contributed by atoms with van der Waals surface area (Å²) in [5.41, 5.74) is 0. The Kier molecular flexibility index (Phi) is 3.76. The molecular formula is C14H26O4. The van der Waals surface area contributed by atoms with Gasteiger partial charge in [0.2, 0.25) is 0 Å². The predicted molar refractivity (Wildman–Crippen MR) is 68.1 cm³/mol. The Morgan fingerprint density at radius 1 is 0.778 bits per heavy atom. The summed E-state index contributed by atoms with van der Waals surface area (Å²) in [6.45, 7) is 13.6. The Morgan fingerprint density at radius 2 is 1.11 bits per heavy atom. The van der Waals surface area contributed by atoms with Gasteiger partial charge in [-0.25, -0.2) is 0 Å². The normalized spacial score (nSPS) is 37.7. The second-order valence-electron chi connectivity index (χ2n) is 6.45. The first-order chi connectivity index (χ1) is 8.20. The predicted octanol–water partition coefficient (Wildman–Crippen LogP) is 2.56. The molecule has 2 saturated heterocycles. The van der Waals surface area contributed by atoms with Crippen molar-refractivity contribution < 1.29 is 18.9 Å². The fourth-order valence-electron chi connectivity index (χ4n) is 2.63. The standard InChI is InChI=1S/C14H26O4/c1-9(11-7-15-13(3,4)17-11)10(2)12-8-16-14(5,6)18-12/h9-12H,7-8H2,1-6H3/t9-,10-,11+,12+/m0/s1. The van der Waals surface area contributed by atoms with Gasteiger partial charge in [0.15, 0.2) is 11.6 Å². The molecule has 4 heteroatoms. The maximum atomic E-state index is 5.92. The van der Waals surface area contributed by atoms with Gasteiger partial charge in [-0.1, -0.05) is 13.8 Å². The molecule has 106 valence electrons. The summed E-state index contributed by atoms with van der Waals surface area (Å²) < 4.78 is 23.1. The molecule has 2 rings (SSSR count). The van der Waals surface area contributed by atoms with Gasteiger partial charge in [-0.2, -0.15) is 0 Å². The van der Waals surface area contributed by atoms with Crippen molar-refractivity contribution in [2.24, 2.45) is 11.8 Å². The van der Waals surface area contributed by atoms with Gasteiger partial charge in [0.05, 0.1) is 25.4 Å². The molecule has 2 aliphatic heterocycles. The van der Waals surface area contributed by atoms with Crippen LogP contribution in [0.1, 0.15) is 41.5 Å². The highest BCUT2D eigenvalue weighted by molar-refractivity contribution is 4.84. The topological polar surface area (TPSA) is 36.9 Å². The van der Waals surface area contributed by atoms with Crippen molar-refractivity contribution >= 4 is 0 Å². The second-order valence-corrected chi connectivity index (χ2v) is 6.45. The summed E-state index contributed by atoms with van der Waals surface area (Å²) in [5, 5.41) is 0. The minimum absolute atomic E-state index is 0.141. The molecule has 0 radical (unpaired) electrons. The molecule has 0 spiro atoms. The van der Waals surface area contributed by atoms with Crippen molar-refractivity contribution in [2.75, 3.05) is 13.2 Å². The van der Waals surface area contributed by atoms with Crippen LogP contribution in [0.4, 0.5) is 0 Å². The van der Waals surface area contributed by atoms with E-state index in [0.29, 0.717) is 25.0 Å². The van der Waals surface area contributed by atoms with E-state index in [1.807, 2.05) is 27.7 Å².